The fourth-order valence-electron chi connectivity index (χ4n) is 1.19. The molecule has 1 nitrogen and oxygen atoms in total. The smallest absolute Gasteiger partial charge is 0.0772 e. The summed E-state index contributed by atoms with van der Waals surface area (Å²) < 4.78 is 0.984. The van der Waals surface area contributed by atoms with Crippen LogP contribution in [0.25, 0.3) is 0 Å². The number of thioether (sulfide) groups is 1. The quantitative estimate of drug-likeness (QED) is 0.841. The number of rotatable bonds is 3. The molecule has 14 heavy (non-hydrogen) atoms. The van der Waals surface area contributed by atoms with Gasteiger partial charge in [0.1, 0.15) is 0 Å². The van der Waals surface area contributed by atoms with Crippen LogP contribution in [0.3, 0.4) is 0 Å². The molecule has 0 amide bonds. The molecule has 1 atom stereocenters. The predicted molar refractivity (Wildman–Crippen MR) is 65.8 cm³/mol. The zero-order chi connectivity index (χ0) is 10.7. The molecule has 0 aliphatic rings. The van der Waals surface area contributed by atoms with Gasteiger partial charge in [-0.3, -0.25) is 0 Å². The van der Waals surface area contributed by atoms with E-state index in [2.05, 4.69) is 41.9 Å². The molecule has 1 rings (SSSR count). The Hall–Kier alpha value is 0.01000. The number of benzene rings is 1. The van der Waals surface area contributed by atoms with Gasteiger partial charge in [0.05, 0.1) is 6.10 Å². The Morgan fingerprint density at radius 1 is 1.29 bits per heavy atom. The summed E-state index contributed by atoms with van der Waals surface area (Å²) >= 11 is 5.29. The molecular formula is C11H15BrOS. The van der Waals surface area contributed by atoms with Crippen molar-refractivity contribution in [1.29, 1.82) is 0 Å². The highest BCUT2D eigenvalue weighted by atomic mass is 79.9. The minimum absolute atomic E-state index is 0.414. The van der Waals surface area contributed by atoms with Gasteiger partial charge in [0, 0.05) is 14.6 Å². The molecule has 0 radical (unpaired) electrons. The first kappa shape index (κ1) is 12.1. The second kappa shape index (κ2) is 5.19. The van der Waals surface area contributed by atoms with E-state index in [4.69, 9.17) is 0 Å². The largest absolute Gasteiger partial charge is 0.389 e. The molecule has 0 saturated carbocycles. The Morgan fingerprint density at radius 2 is 1.93 bits per heavy atom. The van der Waals surface area contributed by atoms with Crippen molar-refractivity contribution in [3.63, 3.8) is 0 Å². The fourth-order valence-corrected chi connectivity index (χ4v) is 2.93. The summed E-state index contributed by atoms with van der Waals surface area (Å²) in [4.78, 5) is 1.23. The third kappa shape index (κ3) is 3.30. The molecule has 78 valence electrons. The summed E-state index contributed by atoms with van der Waals surface area (Å²) in [6.07, 6.45) is -0.414. The third-order valence-electron chi connectivity index (χ3n) is 1.79. The second-order valence-corrected chi connectivity index (χ2v) is 6.03. The van der Waals surface area contributed by atoms with E-state index in [1.807, 2.05) is 17.8 Å². The number of aliphatic hydroxyl groups excluding tert-OH is 1. The van der Waals surface area contributed by atoms with Gasteiger partial charge < -0.3 is 5.11 Å². The molecule has 1 aromatic rings. The van der Waals surface area contributed by atoms with Crippen LogP contribution in [0.2, 0.25) is 0 Å². The monoisotopic (exact) mass is 274 g/mol. The highest BCUT2D eigenvalue weighted by Crippen LogP contribution is 2.30. The lowest BCUT2D eigenvalue weighted by Crippen LogP contribution is -1.93. The molecule has 1 aromatic carbocycles. The maximum Gasteiger partial charge on any atom is 0.0772 e. The van der Waals surface area contributed by atoms with Crippen molar-refractivity contribution < 1.29 is 5.11 Å². The molecule has 0 aromatic heterocycles. The van der Waals surface area contributed by atoms with Crippen LogP contribution in [0.5, 0.6) is 0 Å². The highest BCUT2D eigenvalue weighted by Gasteiger charge is 2.07. The molecule has 0 spiro atoms. The van der Waals surface area contributed by atoms with E-state index >= 15 is 0 Å². The van der Waals surface area contributed by atoms with E-state index in [1.54, 1.807) is 6.92 Å². The summed E-state index contributed by atoms with van der Waals surface area (Å²) in [5, 5.41) is 10.0. The van der Waals surface area contributed by atoms with Gasteiger partial charge in [0.2, 0.25) is 0 Å². The number of halogens is 1. The van der Waals surface area contributed by atoms with Crippen molar-refractivity contribution >= 4 is 27.7 Å². The molecular weight excluding hydrogens is 260 g/mol. The molecule has 0 unspecified atom stereocenters. The van der Waals surface area contributed by atoms with E-state index < -0.39 is 6.10 Å². The van der Waals surface area contributed by atoms with Crippen molar-refractivity contribution in [2.45, 2.75) is 37.0 Å². The molecule has 3 heteroatoms. The van der Waals surface area contributed by atoms with Crippen molar-refractivity contribution in [3.05, 3.63) is 28.2 Å². The minimum Gasteiger partial charge on any atom is -0.389 e. The second-order valence-electron chi connectivity index (χ2n) is 3.53. The van der Waals surface area contributed by atoms with Crippen LogP contribution in [0.1, 0.15) is 32.4 Å². The van der Waals surface area contributed by atoms with Crippen LogP contribution in [-0.2, 0) is 0 Å². The van der Waals surface area contributed by atoms with Gasteiger partial charge in [-0.1, -0.05) is 35.8 Å². The van der Waals surface area contributed by atoms with E-state index in [1.165, 1.54) is 4.90 Å². The van der Waals surface area contributed by atoms with Crippen molar-refractivity contribution in [2.24, 2.45) is 0 Å². The van der Waals surface area contributed by atoms with Crippen LogP contribution >= 0.6 is 27.7 Å². The fraction of sp³-hybridized carbons (Fsp3) is 0.455. The Balaban J connectivity index is 2.89. The lowest BCUT2D eigenvalue weighted by Gasteiger charge is -2.10. The topological polar surface area (TPSA) is 20.2 Å². The maximum absolute atomic E-state index is 9.44. The summed E-state index contributed by atoms with van der Waals surface area (Å²) in [7, 11) is 0. The zero-order valence-electron chi connectivity index (χ0n) is 8.62. The summed E-state index contributed by atoms with van der Waals surface area (Å²) in [6.45, 7) is 6.11. The molecule has 0 fully saturated rings. The zero-order valence-corrected chi connectivity index (χ0v) is 11.0. The average molecular weight is 275 g/mol. The van der Waals surface area contributed by atoms with Gasteiger partial charge in [0.25, 0.3) is 0 Å². The van der Waals surface area contributed by atoms with Crippen LogP contribution in [0.15, 0.2) is 27.6 Å². The number of hydrogen-bond acceptors (Lipinski definition) is 2. The molecule has 0 aliphatic carbocycles. The summed E-state index contributed by atoms with van der Waals surface area (Å²) in [6, 6.07) is 6.09. The van der Waals surface area contributed by atoms with Gasteiger partial charge in [-0.2, -0.15) is 0 Å². The Bertz CT molecular complexity index is 310. The Kier molecular flexibility index (Phi) is 4.48. The van der Waals surface area contributed by atoms with E-state index in [0.717, 1.165) is 10.0 Å². The van der Waals surface area contributed by atoms with E-state index in [9.17, 15) is 5.11 Å². The van der Waals surface area contributed by atoms with Crippen LogP contribution in [-0.4, -0.2) is 10.4 Å². The van der Waals surface area contributed by atoms with Crippen LogP contribution in [0.4, 0.5) is 0 Å². The number of hydrogen-bond donors (Lipinski definition) is 1. The first-order chi connectivity index (χ1) is 6.50. The summed E-state index contributed by atoms with van der Waals surface area (Å²) in [5.74, 6) is 0. The van der Waals surface area contributed by atoms with Crippen LogP contribution < -0.4 is 0 Å². The van der Waals surface area contributed by atoms with Crippen molar-refractivity contribution in [1.82, 2.24) is 0 Å². The van der Waals surface area contributed by atoms with Crippen molar-refractivity contribution in [3.8, 4) is 0 Å². The first-order valence-electron chi connectivity index (χ1n) is 4.65. The molecule has 0 bridgehead atoms. The minimum atomic E-state index is -0.414. The molecule has 1 N–H and O–H groups in total. The van der Waals surface area contributed by atoms with Gasteiger partial charge in [-0.05, 0) is 24.6 Å². The Labute approximate surface area is 98.0 Å². The van der Waals surface area contributed by atoms with Gasteiger partial charge >= 0.3 is 0 Å². The lowest BCUT2D eigenvalue weighted by molar-refractivity contribution is 0.198. The predicted octanol–water partition coefficient (Wildman–Crippen LogP) is 4.00. The number of aliphatic hydroxyl groups is 1. The Morgan fingerprint density at radius 3 is 2.36 bits per heavy atom. The third-order valence-corrected chi connectivity index (χ3v) is 3.48. The maximum atomic E-state index is 9.44. The summed E-state index contributed by atoms with van der Waals surface area (Å²) in [5.41, 5.74) is 0.943. The molecule has 0 aliphatic heterocycles. The lowest BCUT2D eigenvalue weighted by atomic mass is 10.1. The first-order valence-corrected chi connectivity index (χ1v) is 6.32. The molecule has 0 saturated heterocycles. The van der Waals surface area contributed by atoms with Crippen molar-refractivity contribution in [2.75, 3.05) is 0 Å². The SMILES string of the molecule is CC(C)Sc1ccc([C@H](C)O)c(Br)c1. The van der Waals surface area contributed by atoms with E-state index in [-0.39, 0.29) is 0 Å². The standard InChI is InChI=1S/C11H15BrOS/c1-7(2)14-9-4-5-10(8(3)13)11(12)6-9/h4-8,13H,1-3H3/t8-/m0/s1. The van der Waals surface area contributed by atoms with Gasteiger partial charge in [-0.15, -0.1) is 11.8 Å². The van der Waals surface area contributed by atoms with E-state index in [0.29, 0.717) is 5.25 Å². The highest BCUT2D eigenvalue weighted by molar-refractivity contribution is 9.10. The average Bonchev–Trinajstić information content (AvgIpc) is 2.01. The normalized spacial score (nSPS) is 13.3. The van der Waals surface area contributed by atoms with Crippen LogP contribution in [0, 0.1) is 0 Å². The van der Waals surface area contributed by atoms with Gasteiger partial charge in [-0.25, -0.2) is 0 Å². The molecule has 0 heterocycles. The van der Waals surface area contributed by atoms with Gasteiger partial charge in [0.15, 0.2) is 0 Å².